The highest BCUT2D eigenvalue weighted by Crippen LogP contribution is 2.57. The fourth-order valence-electron chi connectivity index (χ4n) is 10.7. The first kappa shape index (κ1) is 26.4. The molecule has 0 radical (unpaired) electrons. The molecular formula is C34H56N2O. The van der Waals surface area contributed by atoms with Crippen molar-refractivity contribution < 1.29 is 5.11 Å². The second kappa shape index (κ2) is 11.7. The van der Waals surface area contributed by atoms with Crippen molar-refractivity contribution in [2.45, 2.75) is 166 Å². The lowest BCUT2D eigenvalue weighted by molar-refractivity contribution is 0.0158. The molecule has 0 aliphatic heterocycles. The molecule has 208 valence electrons. The Balaban J connectivity index is 1.28. The maximum Gasteiger partial charge on any atom is 0.113 e. The van der Waals surface area contributed by atoms with E-state index in [2.05, 4.69) is 11.2 Å². The molecule has 3 heteroatoms. The molecule has 1 spiro atoms. The Hall–Kier alpha value is -0.830. The van der Waals surface area contributed by atoms with Crippen LogP contribution in [0.3, 0.4) is 0 Å². The molecule has 5 fully saturated rings. The van der Waals surface area contributed by atoms with E-state index in [-0.39, 0.29) is 11.5 Å². The van der Waals surface area contributed by atoms with Crippen molar-refractivity contribution in [3.05, 3.63) is 17.7 Å². The Morgan fingerprint density at radius 1 is 0.649 bits per heavy atom. The van der Waals surface area contributed by atoms with Gasteiger partial charge in [0.05, 0.1) is 18.0 Å². The van der Waals surface area contributed by atoms with Crippen molar-refractivity contribution in [1.82, 2.24) is 9.97 Å². The van der Waals surface area contributed by atoms with Gasteiger partial charge in [0.25, 0.3) is 0 Å². The quantitative estimate of drug-likeness (QED) is 0.402. The van der Waals surface area contributed by atoms with Gasteiger partial charge in [-0.2, -0.15) is 0 Å². The number of hydrogen-bond acceptors (Lipinski definition) is 2. The number of rotatable bonds is 6. The molecule has 5 saturated carbocycles. The Labute approximate surface area is 227 Å². The zero-order valence-corrected chi connectivity index (χ0v) is 23.8. The molecular weight excluding hydrogens is 452 g/mol. The van der Waals surface area contributed by atoms with Gasteiger partial charge in [0.2, 0.25) is 0 Å². The molecule has 1 unspecified atom stereocenters. The summed E-state index contributed by atoms with van der Waals surface area (Å²) in [6.45, 7) is 0. The topological polar surface area (TPSA) is 48.9 Å². The molecule has 1 heterocycles. The predicted molar refractivity (Wildman–Crippen MR) is 152 cm³/mol. The fraction of sp³-hybridized carbons (Fsp3) is 0.912. The van der Waals surface area contributed by atoms with E-state index in [4.69, 9.17) is 4.98 Å². The summed E-state index contributed by atoms with van der Waals surface area (Å²) >= 11 is 0. The molecule has 0 amide bonds. The van der Waals surface area contributed by atoms with Crippen molar-refractivity contribution in [2.24, 2.45) is 29.1 Å². The Morgan fingerprint density at radius 3 is 1.59 bits per heavy atom. The third kappa shape index (κ3) is 5.21. The molecule has 0 bridgehead atoms. The number of aromatic nitrogens is 2. The van der Waals surface area contributed by atoms with E-state index < -0.39 is 0 Å². The first-order valence-electron chi connectivity index (χ1n) is 16.9. The molecule has 2 N–H and O–H groups in total. The number of nitrogens with zero attached hydrogens (tertiary/aromatic N) is 1. The first-order chi connectivity index (χ1) is 18.2. The number of H-pyrrole nitrogens is 1. The zero-order chi connectivity index (χ0) is 25.1. The second-order valence-electron chi connectivity index (χ2n) is 14.5. The van der Waals surface area contributed by atoms with Gasteiger partial charge in [-0.15, -0.1) is 0 Å². The summed E-state index contributed by atoms with van der Waals surface area (Å²) in [5, 5.41) is 11.7. The molecule has 0 saturated heterocycles. The van der Waals surface area contributed by atoms with Gasteiger partial charge in [-0.3, -0.25) is 0 Å². The van der Waals surface area contributed by atoms with Crippen molar-refractivity contribution >= 4 is 0 Å². The summed E-state index contributed by atoms with van der Waals surface area (Å²) in [5.41, 5.74) is 1.88. The molecule has 3 nitrogen and oxygen atoms in total. The van der Waals surface area contributed by atoms with E-state index in [0.29, 0.717) is 11.3 Å². The highest BCUT2D eigenvalue weighted by Gasteiger charge is 2.53. The van der Waals surface area contributed by atoms with E-state index in [1.807, 2.05) is 0 Å². The van der Waals surface area contributed by atoms with Gasteiger partial charge >= 0.3 is 0 Å². The summed E-state index contributed by atoms with van der Waals surface area (Å²) in [4.78, 5) is 9.25. The normalized spacial score (nSPS) is 28.5. The van der Waals surface area contributed by atoms with Crippen LogP contribution in [0.4, 0.5) is 0 Å². The molecule has 5 aliphatic rings. The zero-order valence-electron chi connectivity index (χ0n) is 23.8. The summed E-state index contributed by atoms with van der Waals surface area (Å²) < 4.78 is 0. The highest BCUT2D eigenvalue weighted by atomic mass is 16.3. The van der Waals surface area contributed by atoms with Crippen LogP contribution in [0, 0.1) is 29.1 Å². The highest BCUT2D eigenvalue weighted by molar-refractivity contribution is 5.22. The van der Waals surface area contributed by atoms with Crippen molar-refractivity contribution in [3.63, 3.8) is 0 Å². The Morgan fingerprint density at radius 2 is 1.11 bits per heavy atom. The molecule has 1 aromatic heterocycles. The largest absolute Gasteiger partial charge is 0.387 e. The van der Waals surface area contributed by atoms with Gasteiger partial charge in [-0.25, -0.2) is 4.98 Å². The molecule has 1 aromatic rings. The number of aromatic amines is 1. The average molecular weight is 509 g/mol. The smallest absolute Gasteiger partial charge is 0.113 e. The number of imidazole rings is 1. The van der Waals surface area contributed by atoms with E-state index in [1.165, 1.54) is 160 Å². The number of hydrogen-bond donors (Lipinski definition) is 2. The van der Waals surface area contributed by atoms with Gasteiger partial charge in [-0.1, -0.05) is 77.0 Å². The summed E-state index contributed by atoms with van der Waals surface area (Å²) in [7, 11) is 0. The SMILES string of the molecule is OC(c1cnc(C(C2CCCCC2)(C2CCCCC2)C2CCCCC2)[nH]1)C1CCC2(CCCCC2)CC1. The number of nitrogens with one attached hydrogen (secondary N) is 1. The molecule has 0 aromatic carbocycles. The average Bonchev–Trinajstić information content (AvgIpc) is 3.46. The van der Waals surface area contributed by atoms with Crippen LogP contribution in [0.5, 0.6) is 0 Å². The van der Waals surface area contributed by atoms with Crippen LogP contribution in [0.15, 0.2) is 6.20 Å². The molecule has 5 aliphatic carbocycles. The molecule has 6 rings (SSSR count). The minimum absolute atomic E-state index is 0.220. The lowest BCUT2D eigenvalue weighted by Crippen LogP contribution is -2.51. The van der Waals surface area contributed by atoms with Crippen LogP contribution in [0.2, 0.25) is 0 Å². The summed E-state index contributed by atoms with van der Waals surface area (Å²) in [5.74, 6) is 4.07. The van der Waals surface area contributed by atoms with Crippen LogP contribution in [0.1, 0.15) is 172 Å². The third-order valence-electron chi connectivity index (χ3n) is 12.6. The molecule has 1 atom stereocenters. The van der Waals surface area contributed by atoms with Crippen LogP contribution < -0.4 is 0 Å². The molecule has 37 heavy (non-hydrogen) atoms. The van der Waals surface area contributed by atoms with E-state index in [0.717, 1.165) is 23.4 Å². The maximum atomic E-state index is 11.7. The lowest BCUT2D eigenvalue weighted by atomic mass is 9.51. The van der Waals surface area contributed by atoms with Crippen molar-refractivity contribution in [2.75, 3.05) is 0 Å². The van der Waals surface area contributed by atoms with Gasteiger partial charge in [0.1, 0.15) is 5.82 Å². The van der Waals surface area contributed by atoms with Crippen molar-refractivity contribution in [3.8, 4) is 0 Å². The van der Waals surface area contributed by atoms with Crippen LogP contribution >= 0.6 is 0 Å². The maximum absolute atomic E-state index is 11.7. The fourth-order valence-corrected chi connectivity index (χ4v) is 10.7. The predicted octanol–water partition coefficient (Wildman–Crippen LogP) is 9.56. The lowest BCUT2D eigenvalue weighted by Gasteiger charge is -2.53. The standard InChI is InChI=1S/C34H56N2O/c37-31(26-19-23-33(24-20-26)21-11-4-12-22-33)30-25-35-32(36-30)34(27-13-5-1-6-14-27,28-15-7-2-8-16-28)29-17-9-3-10-18-29/h25-29,31,37H,1-24H2,(H,35,36). The Bertz CT molecular complexity index is 780. The monoisotopic (exact) mass is 508 g/mol. The van der Waals surface area contributed by atoms with Crippen LogP contribution in [-0.4, -0.2) is 15.1 Å². The minimum atomic E-state index is -0.357. The van der Waals surface area contributed by atoms with Gasteiger partial charge in [0.15, 0.2) is 0 Å². The number of aliphatic hydroxyl groups is 1. The minimum Gasteiger partial charge on any atom is -0.387 e. The Kier molecular flexibility index (Phi) is 8.37. The van der Waals surface area contributed by atoms with E-state index in [9.17, 15) is 5.11 Å². The van der Waals surface area contributed by atoms with E-state index in [1.54, 1.807) is 0 Å². The van der Waals surface area contributed by atoms with Crippen molar-refractivity contribution in [1.29, 1.82) is 0 Å². The first-order valence-corrected chi connectivity index (χ1v) is 16.9. The summed E-state index contributed by atoms with van der Waals surface area (Å²) in [6, 6.07) is 0. The van der Waals surface area contributed by atoms with E-state index >= 15 is 0 Å². The van der Waals surface area contributed by atoms with Crippen LogP contribution in [0.25, 0.3) is 0 Å². The summed E-state index contributed by atoms with van der Waals surface area (Å²) in [6.07, 6.45) is 35.1. The third-order valence-corrected chi connectivity index (χ3v) is 12.6. The van der Waals surface area contributed by atoms with Crippen LogP contribution in [-0.2, 0) is 5.41 Å². The number of aliphatic hydroxyl groups excluding tert-OH is 1. The second-order valence-corrected chi connectivity index (χ2v) is 14.5. The van der Waals surface area contributed by atoms with Gasteiger partial charge < -0.3 is 10.1 Å². The van der Waals surface area contributed by atoms with Gasteiger partial charge in [0, 0.05) is 5.41 Å². The van der Waals surface area contributed by atoms with Gasteiger partial charge in [-0.05, 0) is 106 Å².